The lowest BCUT2D eigenvalue weighted by molar-refractivity contribution is -0.385. The average molecular weight is 587 g/mol. The maximum Gasteiger partial charge on any atom is 0.469 e. The molecule has 1 aromatic carbocycles. The van der Waals surface area contributed by atoms with Crippen molar-refractivity contribution < 1.29 is 41.2 Å². The fourth-order valence-corrected chi connectivity index (χ4v) is 3.97. The summed E-state index contributed by atoms with van der Waals surface area (Å²) >= 11 is 3.25. The van der Waals surface area contributed by atoms with Gasteiger partial charge in [-0.05, 0) is 12.5 Å². The Kier molecular flexibility index (Phi) is 11.5. The molecule has 0 heterocycles. The van der Waals surface area contributed by atoms with Crippen LogP contribution < -0.4 is 4.90 Å². The Morgan fingerprint density at radius 3 is 2.44 bits per heavy atom. The number of carbonyl (C=O) groups excluding carboxylic acids is 1. The number of nitro groups is 1. The number of nitriles is 1. The lowest BCUT2D eigenvalue weighted by atomic mass is 10.0. The number of carbonyl (C=O) groups is 1. The number of nitrogens with zero attached hydrogens (tertiary/aromatic N) is 4. The SMILES string of the molecule is CN(CCCOP(=O)(O)O)C(=O)c1cc(N(CCBr)CCOS(C)(=O)=O)c(C#N)cc1[N+](=O)[O-]. The number of hydrogen-bond acceptors (Lipinski definition) is 10. The van der Waals surface area contributed by atoms with Crippen molar-refractivity contribution in [3.63, 3.8) is 0 Å². The summed E-state index contributed by atoms with van der Waals surface area (Å²) in [5.41, 5.74) is -0.844. The maximum atomic E-state index is 13.0. The maximum absolute atomic E-state index is 13.0. The molecule has 1 amide bonds. The van der Waals surface area contributed by atoms with E-state index in [9.17, 15) is 33.2 Å². The number of amides is 1. The summed E-state index contributed by atoms with van der Waals surface area (Å²) in [5, 5.41) is 21.5. The van der Waals surface area contributed by atoms with Crippen LogP contribution in [0.2, 0.25) is 0 Å². The smallest absolute Gasteiger partial charge is 0.367 e. The first-order valence-corrected chi connectivity index (χ1v) is 14.0. The Morgan fingerprint density at radius 1 is 1.29 bits per heavy atom. The van der Waals surface area contributed by atoms with Crippen molar-refractivity contribution in [1.29, 1.82) is 5.26 Å². The molecule has 0 aliphatic carbocycles. The minimum absolute atomic E-state index is 0.00828. The van der Waals surface area contributed by atoms with E-state index in [-0.39, 0.29) is 56.1 Å². The first-order chi connectivity index (χ1) is 15.7. The number of benzene rings is 1. The van der Waals surface area contributed by atoms with E-state index in [4.69, 9.17) is 14.0 Å². The zero-order valence-corrected chi connectivity index (χ0v) is 21.6. The van der Waals surface area contributed by atoms with Crippen molar-refractivity contribution in [3.8, 4) is 6.07 Å². The second-order valence-corrected chi connectivity index (χ2v) is 10.5. The third-order valence-electron chi connectivity index (χ3n) is 4.26. The van der Waals surface area contributed by atoms with E-state index in [1.807, 2.05) is 6.07 Å². The Hall–Kier alpha value is -2.12. The van der Waals surface area contributed by atoms with E-state index in [0.717, 1.165) is 17.2 Å². The molecule has 190 valence electrons. The van der Waals surface area contributed by atoms with Crippen LogP contribution in [-0.4, -0.2) is 85.4 Å². The van der Waals surface area contributed by atoms with Gasteiger partial charge in [0.2, 0.25) is 0 Å². The van der Waals surface area contributed by atoms with Gasteiger partial charge in [-0.3, -0.25) is 23.6 Å². The van der Waals surface area contributed by atoms with E-state index < -0.39 is 34.5 Å². The Labute approximate surface area is 204 Å². The van der Waals surface area contributed by atoms with Gasteiger partial charge in [-0.15, -0.1) is 0 Å². The van der Waals surface area contributed by atoms with Crippen molar-refractivity contribution in [3.05, 3.63) is 33.4 Å². The van der Waals surface area contributed by atoms with Crippen LogP contribution in [0.4, 0.5) is 11.4 Å². The van der Waals surface area contributed by atoms with Crippen LogP contribution in [-0.2, 0) is 23.4 Å². The molecule has 0 bridgehead atoms. The van der Waals surface area contributed by atoms with E-state index in [2.05, 4.69) is 20.5 Å². The lowest BCUT2D eigenvalue weighted by Gasteiger charge is -2.26. The van der Waals surface area contributed by atoms with Gasteiger partial charge in [-0.1, -0.05) is 15.9 Å². The number of halogens is 1. The third-order valence-corrected chi connectivity index (χ3v) is 5.73. The minimum atomic E-state index is -4.66. The largest absolute Gasteiger partial charge is 0.469 e. The van der Waals surface area contributed by atoms with Gasteiger partial charge in [0, 0.05) is 38.1 Å². The molecule has 2 N–H and O–H groups in total. The Bertz CT molecular complexity index is 1090. The van der Waals surface area contributed by atoms with Crippen LogP contribution in [0.3, 0.4) is 0 Å². The second kappa shape index (κ2) is 13.1. The molecule has 0 aliphatic rings. The summed E-state index contributed by atoms with van der Waals surface area (Å²) in [7, 11) is -7.03. The van der Waals surface area contributed by atoms with Crippen molar-refractivity contribution in [2.45, 2.75) is 6.42 Å². The quantitative estimate of drug-likeness (QED) is 0.0788. The zero-order valence-electron chi connectivity index (χ0n) is 18.3. The number of phosphoric acid groups is 1. The van der Waals surface area contributed by atoms with Gasteiger partial charge in [-0.2, -0.15) is 13.7 Å². The molecule has 0 spiro atoms. The molecule has 0 atom stereocenters. The van der Waals surface area contributed by atoms with E-state index >= 15 is 0 Å². The molecule has 1 aromatic rings. The zero-order chi connectivity index (χ0) is 26.1. The standard InChI is InChI=1S/C17H24BrN4O10PS/c1-20(5-3-8-31-33(26,27)28)17(23)14-11-15(13(12-19)10-16(14)22(24)25)21(6-4-18)7-9-32-34(2,29)30/h10-11H,3-9H2,1-2H3,(H2,26,27,28). The molecular formula is C17H24BrN4O10PS. The number of rotatable bonds is 14. The fourth-order valence-electron chi connectivity index (χ4n) is 2.80. The van der Waals surface area contributed by atoms with Crippen molar-refractivity contribution in [2.75, 3.05) is 56.4 Å². The molecule has 17 heteroatoms. The van der Waals surface area contributed by atoms with Gasteiger partial charge >= 0.3 is 7.82 Å². The van der Waals surface area contributed by atoms with Crippen LogP contribution in [0.15, 0.2) is 12.1 Å². The predicted octanol–water partition coefficient (Wildman–Crippen LogP) is 1.22. The number of nitro benzene ring substituents is 1. The number of hydrogen-bond donors (Lipinski definition) is 2. The van der Waals surface area contributed by atoms with Gasteiger partial charge in [0.1, 0.15) is 11.6 Å². The fraction of sp³-hybridized carbons (Fsp3) is 0.529. The van der Waals surface area contributed by atoms with Crippen molar-refractivity contribution >= 4 is 51.2 Å². The molecule has 0 radical (unpaired) electrons. The van der Waals surface area contributed by atoms with Gasteiger partial charge in [0.15, 0.2) is 0 Å². The van der Waals surface area contributed by atoms with Crippen LogP contribution in [0.5, 0.6) is 0 Å². The van der Waals surface area contributed by atoms with Crippen molar-refractivity contribution in [1.82, 2.24) is 4.90 Å². The summed E-state index contributed by atoms with van der Waals surface area (Å²) < 4.78 is 42.3. The van der Waals surface area contributed by atoms with Gasteiger partial charge in [0.25, 0.3) is 21.7 Å². The van der Waals surface area contributed by atoms with E-state index in [1.165, 1.54) is 13.1 Å². The van der Waals surface area contributed by atoms with Crippen LogP contribution >= 0.6 is 23.8 Å². The molecular weight excluding hydrogens is 563 g/mol. The summed E-state index contributed by atoms with van der Waals surface area (Å²) in [6.07, 6.45) is 0.925. The summed E-state index contributed by atoms with van der Waals surface area (Å²) in [6, 6.07) is 4.00. The third kappa shape index (κ3) is 10.0. The molecule has 0 unspecified atom stereocenters. The highest BCUT2D eigenvalue weighted by Gasteiger charge is 2.27. The van der Waals surface area contributed by atoms with Gasteiger partial charge in [0.05, 0.1) is 35.6 Å². The molecule has 0 saturated heterocycles. The number of alkyl halides is 1. The van der Waals surface area contributed by atoms with Gasteiger partial charge < -0.3 is 19.6 Å². The normalized spacial score (nSPS) is 11.6. The molecule has 0 aromatic heterocycles. The molecule has 1 rings (SSSR count). The van der Waals surface area contributed by atoms with Gasteiger partial charge in [-0.25, -0.2) is 4.57 Å². The second-order valence-electron chi connectivity index (χ2n) is 6.86. The van der Waals surface area contributed by atoms with Crippen LogP contribution in [0, 0.1) is 21.4 Å². The topological polar surface area (TPSA) is 201 Å². The highest BCUT2D eigenvalue weighted by molar-refractivity contribution is 9.09. The Morgan fingerprint density at radius 2 is 1.94 bits per heavy atom. The first kappa shape index (κ1) is 29.9. The summed E-state index contributed by atoms with van der Waals surface area (Å²) in [6.45, 7) is -0.353. The highest BCUT2D eigenvalue weighted by atomic mass is 79.9. The van der Waals surface area contributed by atoms with E-state index in [1.54, 1.807) is 4.90 Å². The van der Waals surface area contributed by atoms with Crippen molar-refractivity contribution in [2.24, 2.45) is 0 Å². The molecule has 14 nitrogen and oxygen atoms in total. The summed E-state index contributed by atoms with van der Waals surface area (Å²) in [4.78, 5) is 43.8. The monoisotopic (exact) mass is 586 g/mol. The highest BCUT2D eigenvalue weighted by Crippen LogP contribution is 2.35. The first-order valence-electron chi connectivity index (χ1n) is 9.53. The predicted molar refractivity (Wildman–Crippen MR) is 124 cm³/mol. The number of phosphoric ester groups is 1. The average Bonchev–Trinajstić information content (AvgIpc) is 2.72. The molecule has 0 fully saturated rings. The van der Waals surface area contributed by atoms with Crippen LogP contribution in [0.25, 0.3) is 0 Å². The minimum Gasteiger partial charge on any atom is -0.367 e. The summed E-state index contributed by atoms with van der Waals surface area (Å²) in [5.74, 6) is -0.764. The lowest BCUT2D eigenvalue weighted by Crippen LogP contribution is -2.32. The van der Waals surface area contributed by atoms with E-state index in [0.29, 0.717) is 5.33 Å². The van der Waals surface area contributed by atoms with Crippen LogP contribution in [0.1, 0.15) is 22.3 Å². The Balaban J connectivity index is 3.27. The molecule has 0 saturated carbocycles. The molecule has 34 heavy (non-hydrogen) atoms. The molecule has 0 aliphatic heterocycles. The number of anilines is 1.